The van der Waals surface area contributed by atoms with Crippen molar-refractivity contribution in [3.63, 3.8) is 0 Å². The van der Waals surface area contributed by atoms with Crippen LogP contribution < -0.4 is 5.32 Å². The summed E-state index contributed by atoms with van der Waals surface area (Å²) in [7, 11) is 0. The second kappa shape index (κ2) is 5.79. The van der Waals surface area contributed by atoms with E-state index in [0.29, 0.717) is 28.9 Å². The Morgan fingerprint density at radius 2 is 2.32 bits per heavy atom. The maximum atomic E-state index is 10.8. The van der Waals surface area contributed by atoms with Crippen molar-refractivity contribution < 1.29 is 9.45 Å². The second-order valence-corrected chi connectivity index (χ2v) is 4.74. The van der Waals surface area contributed by atoms with Crippen LogP contribution in [-0.4, -0.2) is 21.6 Å². The molecule has 19 heavy (non-hydrogen) atoms. The van der Waals surface area contributed by atoms with Crippen molar-refractivity contribution in [1.82, 2.24) is 10.1 Å². The van der Waals surface area contributed by atoms with E-state index in [0.717, 1.165) is 5.69 Å². The summed E-state index contributed by atoms with van der Waals surface area (Å²) in [6.07, 6.45) is 1.93. The molecule has 0 bridgehead atoms. The van der Waals surface area contributed by atoms with Crippen molar-refractivity contribution in [2.45, 2.75) is 13.3 Å². The van der Waals surface area contributed by atoms with Crippen molar-refractivity contribution in [3.05, 3.63) is 44.5 Å². The van der Waals surface area contributed by atoms with E-state index < -0.39 is 4.92 Å². The van der Waals surface area contributed by atoms with E-state index in [1.54, 1.807) is 13.0 Å². The van der Waals surface area contributed by atoms with Gasteiger partial charge in [0, 0.05) is 34.8 Å². The van der Waals surface area contributed by atoms with E-state index in [2.05, 4.69) is 31.4 Å². The largest absolute Gasteiger partial charge is 0.384 e. The molecule has 0 amide bonds. The zero-order valence-corrected chi connectivity index (χ0v) is 11.7. The quantitative estimate of drug-likeness (QED) is 0.670. The Kier molecular flexibility index (Phi) is 4.10. The molecule has 100 valence electrons. The fraction of sp³-hybridized carbons (Fsp3) is 0.273. The molecule has 0 aliphatic heterocycles. The summed E-state index contributed by atoms with van der Waals surface area (Å²) in [6, 6.07) is 3.22. The lowest BCUT2D eigenvalue weighted by Gasteiger charge is -2.08. The number of anilines is 1. The Balaban J connectivity index is 2.04. The fourth-order valence-electron chi connectivity index (χ4n) is 1.61. The Hall–Kier alpha value is -1.96. The molecule has 0 radical (unpaired) electrons. The van der Waals surface area contributed by atoms with Crippen molar-refractivity contribution in [2.75, 3.05) is 11.9 Å². The smallest absolute Gasteiger partial charge is 0.273 e. The summed E-state index contributed by atoms with van der Waals surface area (Å²) in [6.45, 7) is 2.30. The van der Waals surface area contributed by atoms with E-state index >= 15 is 0 Å². The van der Waals surface area contributed by atoms with Gasteiger partial charge in [-0.2, -0.15) is 4.98 Å². The fourth-order valence-corrected chi connectivity index (χ4v) is 2.08. The van der Waals surface area contributed by atoms with Gasteiger partial charge >= 0.3 is 0 Å². The zero-order valence-electron chi connectivity index (χ0n) is 10.1. The third-order valence-corrected chi connectivity index (χ3v) is 3.20. The van der Waals surface area contributed by atoms with Gasteiger partial charge in [-0.15, -0.1) is 0 Å². The normalized spacial score (nSPS) is 10.4. The number of nitro benzene ring substituents is 1. The third-order valence-electron chi connectivity index (χ3n) is 2.54. The van der Waals surface area contributed by atoms with Gasteiger partial charge in [0.25, 0.3) is 5.69 Å². The first-order valence-electron chi connectivity index (χ1n) is 5.52. The van der Waals surface area contributed by atoms with E-state index in [-0.39, 0.29) is 5.69 Å². The van der Waals surface area contributed by atoms with Crippen molar-refractivity contribution >= 4 is 27.3 Å². The molecule has 0 saturated heterocycles. The van der Waals surface area contributed by atoms with E-state index in [1.807, 2.05) is 0 Å². The van der Waals surface area contributed by atoms with Gasteiger partial charge in [0.05, 0.1) is 4.92 Å². The number of aromatic nitrogens is 2. The number of halogens is 1. The molecule has 2 aromatic rings. The second-order valence-electron chi connectivity index (χ2n) is 3.89. The summed E-state index contributed by atoms with van der Waals surface area (Å²) in [5.41, 5.74) is 1.49. The SMILES string of the molecule is Cc1cc(NCCc2ncno2)c(Br)cc1[N+](=O)[O-]. The average molecular weight is 327 g/mol. The van der Waals surface area contributed by atoms with Crippen LogP contribution in [0.2, 0.25) is 0 Å². The topological polar surface area (TPSA) is 94.1 Å². The van der Waals surface area contributed by atoms with Crippen molar-refractivity contribution in [3.8, 4) is 0 Å². The molecule has 0 fully saturated rings. The minimum absolute atomic E-state index is 0.0920. The molecule has 1 aromatic carbocycles. The summed E-state index contributed by atoms with van der Waals surface area (Å²) in [5.74, 6) is 0.544. The highest BCUT2D eigenvalue weighted by molar-refractivity contribution is 9.10. The highest BCUT2D eigenvalue weighted by atomic mass is 79.9. The number of rotatable bonds is 5. The number of hydrogen-bond acceptors (Lipinski definition) is 6. The molecule has 7 nitrogen and oxygen atoms in total. The molecule has 0 spiro atoms. The summed E-state index contributed by atoms with van der Waals surface area (Å²) >= 11 is 3.31. The van der Waals surface area contributed by atoms with Gasteiger partial charge in [0.15, 0.2) is 6.33 Å². The van der Waals surface area contributed by atoms with E-state index in [4.69, 9.17) is 4.52 Å². The molecule has 2 rings (SSSR count). The highest BCUT2D eigenvalue weighted by Gasteiger charge is 2.13. The standard InChI is InChI=1S/C11H11BrN4O3/c1-7-4-9(8(12)5-10(7)16(17)18)13-3-2-11-14-6-15-19-11/h4-6,13H,2-3H2,1H3. The molecule has 1 heterocycles. The Morgan fingerprint density at radius 1 is 1.53 bits per heavy atom. The monoisotopic (exact) mass is 326 g/mol. The van der Waals surface area contributed by atoms with Crippen LogP contribution in [0.15, 0.2) is 27.5 Å². The van der Waals surface area contributed by atoms with Gasteiger partial charge < -0.3 is 9.84 Å². The lowest BCUT2D eigenvalue weighted by molar-refractivity contribution is -0.385. The minimum Gasteiger partial charge on any atom is -0.384 e. The van der Waals surface area contributed by atoms with E-state index in [1.165, 1.54) is 12.4 Å². The number of nitrogens with one attached hydrogen (secondary N) is 1. The average Bonchev–Trinajstić information content (AvgIpc) is 2.85. The first-order valence-corrected chi connectivity index (χ1v) is 6.31. The molecule has 0 aliphatic rings. The molecule has 0 unspecified atom stereocenters. The number of hydrogen-bond donors (Lipinski definition) is 1. The molecule has 1 aromatic heterocycles. The number of nitro groups is 1. The Bertz CT molecular complexity index is 586. The number of nitrogens with zero attached hydrogens (tertiary/aromatic N) is 3. The third kappa shape index (κ3) is 3.28. The van der Waals surface area contributed by atoms with E-state index in [9.17, 15) is 10.1 Å². The predicted octanol–water partition coefficient (Wildman–Crippen LogP) is 2.70. The summed E-state index contributed by atoms with van der Waals surface area (Å²) in [4.78, 5) is 14.3. The lowest BCUT2D eigenvalue weighted by Crippen LogP contribution is -2.06. The maximum absolute atomic E-state index is 10.8. The van der Waals surface area contributed by atoms with Crippen LogP contribution in [0, 0.1) is 17.0 Å². The zero-order chi connectivity index (χ0) is 13.8. The molecule has 0 aliphatic carbocycles. The van der Waals surface area contributed by atoms with Crippen LogP contribution in [-0.2, 0) is 6.42 Å². The van der Waals surface area contributed by atoms with Crippen molar-refractivity contribution in [2.24, 2.45) is 0 Å². The van der Waals surface area contributed by atoms with Gasteiger partial charge in [-0.25, -0.2) is 0 Å². The van der Waals surface area contributed by atoms with Crippen LogP contribution >= 0.6 is 15.9 Å². The predicted molar refractivity (Wildman–Crippen MR) is 72.0 cm³/mol. The Morgan fingerprint density at radius 3 is 2.95 bits per heavy atom. The van der Waals surface area contributed by atoms with Gasteiger partial charge in [-0.1, -0.05) is 5.16 Å². The van der Waals surface area contributed by atoms with Crippen LogP contribution in [0.5, 0.6) is 0 Å². The highest BCUT2D eigenvalue weighted by Crippen LogP contribution is 2.30. The first kappa shape index (κ1) is 13.5. The first-order chi connectivity index (χ1) is 9.08. The summed E-state index contributed by atoms with van der Waals surface area (Å²) in [5, 5.41) is 17.5. The summed E-state index contributed by atoms with van der Waals surface area (Å²) < 4.78 is 5.52. The molecular weight excluding hydrogens is 316 g/mol. The maximum Gasteiger partial charge on any atom is 0.273 e. The lowest BCUT2D eigenvalue weighted by atomic mass is 10.2. The molecule has 0 saturated carbocycles. The van der Waals surface area contributed by atoms with Gasteiger partial charge in [0.2, 0.25) is 5.89 Å². The number of benzene rings is 1. The molecule has 8 heteroatoms. The molecular formula is C11H11BrN4O3. The van der Waals surface area contributed by atoms with Gasteiger partial charge in [0.1, 0.15) is 0 Å². The van der Waals surface area contributed by atoms with Crippen LogP contribution in [0.1, 0.15) is 11.5 Å². The van der Waals surface area contributed by atoms with Crippen molar-refractivity contribution in [1.29, 1.82) is 0 Å². The Labute approximate surface area is 117 Å². The van der Waals surface area contributed by atoms with Gasteiger partial charge in [-0.3, -0.25) is 10.1 Å². The van der Waals surface area contributed by atoms with Crippen LogP contribution in [0.3, 0.4) is 0 Å². The molecule has 1 N–H and O–H groups in total. The molecule has 0 atom stereocenters. The minimum atomic E-state index is -0.400. The number of aryl methyl sites for hydroxylation is 1. The van der Waals surface area contributed by atoms with Crippen LogP contribution in [0.25, 0.3) is 0 Å². The van der Waals surface area contributed by atoms with Gasteiger partial charge in [-0.05, 0) is 28.9 Å². The van der Waals surface area contributed by atoms with Crippen LogP contribution in [0.4, 0.5) is 11.4 Å².